The second kappa shape index (κ2) is 6.48. The molecular weight excluding hydrogens is 312 g/mol. The minimum Gasteiger partial charge on any atom is -0.484 e. The van der Waals surface area contributed by atoms with Gasteiger partial charge in [-0.2, -0.15) is 0 Å². The third kappa shape index (κ3) is 2.89. The fourth-order valence-corrected chi connectivity index (χ4v) is 3.55. The van der Waals surface area contributed by atoms with E-state index >= 15 is 0 Å². The van der Waals surface area contributed by atoms with Crippen molar-refractivity contribution in [1.82, 2.24) is 14.6 Å². The maximum absolute atomic E-state index is 6.34. The van der Waals surface area contributed by atoms with Crippen LogP contribution in [0.4, 0.5) is 0 Å². The van der Waals surface area contributed by atoms with Gasteiger partial charge in [0.2, 0.25) is 0 Å². The Hall–Kier alpha value is -2.40. The first-order valence-electron chi connectivity index (χ1n) is 9.03. The van der Waals surface area contributed by atoms with Crippen LogP contribution in [0.15, 0.2) is 42.6 Å². The molecule has 5 nitrogen and oxygen atoms in total. The topological polar surface area (TPSA) is 65.4 Å². The normalized spacial score (nSPS) is 21.1. The van der Waals surface area contributed by atoms with Crippen LogP contribution in [0.25, 0.3) is 5.65 Å². The van der Waals surface area contributed by atoms with Gasteiger partial charge in [0.1, 0.15) is 17.7 Å². The molecule has 25 heavy (non-hydrogen) atoms. The predicted octanol–water partition coefficient (Wildman–Crippen LogP) is 4.16. The summed E-state index contributed by atoms with van der Waals surface area (Å²) >= 11 is 0. The van der Waals surface area contributed by atoms with E-state index in [-0.39, 0.29) is 12.1 Å². The van der Waals surface area contributed by atoms with Gasteiger partial charge < -0.3 is 10.5 Å². The van der Waals surface area contributed by atoms with Crippen molar-refractivity contribution in [2.45, 2.75) is 51.2 Å². The summed E-state index contributed by atoms with van der Waals surface area (Å²) in [6, 6.07) is 12.4. The van der Waals surface area contributed by atoms with E-state index in [1.165, 1.54) is 11.1 Å². The lowest BCUT2D eigenvalue weighted by Gasteiger charge is -2.30. The summed E-state index contributed by atoms with van der Waals surface area (Å²) in [5, 5.41) is 8.60. The van der Waals surface area contributed by atoms with E-state index in [0.29, 0.717) is 5.92 Å². The van der Waals surface area contributed by atoms with E-state index in [4.69, 9.17) is 10.5 Å². The van der Waals surface area contributed by atoms with Crippen LogP contribution < -0.4 is 10.5 Å². The van der Waals surface area contributed by atoms with Crippen molar-refractivity contribution in [3.8, 4) is 5.75 Å². The van der Waals surface area contributed by atoms with Crippen LogP contribution in [0.1, 0.15) is 68.1 Å². The average Bonchev–Trinajstić information content (AvgIpc) is 3.07. The Bertz CT molecular complexity index is 888. The molecule has 1 unspecified atom stereocenters. The third-order valence-corrected chi connectivity index (χ3v) is 5.22. The van der Waals surface area contributed by atoms with Crippen LogP contribution in [0.3, 0.4) is 0 Å². The van der Waals surface area contributed by atoms with Gasteiger partial charge in [0.15, 0.2) is 5.65 Å². The zero-order valence-corrected chi connectivity index (χ0v) is 14.7. The molecule has 5 heteroatoms. The van der Waals surface area contributed by atoms with Gasteiger partial charge >= 0.3 is 0 Å². The van der Waals surface area contributed by atoms with E-state index < -0.39 is 0 Å². The van der Waals surface area contributed by atoms with E-state index in [1.54, 1.807) is 0 Å². The molecule has 0 saturated heterocycles. The molecule has 2 aromatic heterocycles. The van der Waals surface area contributed by atoms with Gasteiger partial charge in [-0.15, -0.1) is 10.2 Å². The van der Waals surface area contributed by atoms with Gasteiger partial charge in [-0.1, -0.05) is 38.1 Å². The smallest absolute Gasteiger partial charge is 0.161 e. The highest BCUT2D eigenvalue weighted by Crippen LogP contribution is 2.37. The monoisotopic (exact) mass is 336 g/mol. The number of rotatable bonds is 4. The van der Waals surface area contributed by atoms with E-state index in [1.807, 2.05) is 28.8 Å². The molecule has 1 aliphatic rings. The number of nitrogens with zero attached hydrogens (tertiary/aromatic N) is 3. The minimum atomic E-state index is 0.0389. The molecule has 0 radical (unpaired) electrons. The standard InChI is InChI=1S/C20H24N4O/c1-3-13(2)20-23-22-19-11-8-14(12-24(19)20)25-18-10-9-17(21)15-6-4-5-7-16(15)18/h4-8,11-13,17-18H,3,9-10,21H2,1-2H3/t13?,17-,18+/m0/s1. The first-order chi connectivity index (χ1) is 12.2. The number of benzene rings is 1. The van der Waals surface area contributed by atoms with Crippen molar-refractivity contribution in [3.63, 3.8) is 0 Å². The van der Waals surface area contributed by atoms with Gasteiger partial charge in [-0.05, 0) is 42.5 Å². The highest BCUT2D eigenvalue weighted by Gasteiger charge is 2.26. The Kier molecular flexibility index (Phi) is 4.17. The molecule has 0 saturated carbocycles. The van der Waals surface area contributed by atoms with Crippen LogP contribution in [0.2, 0.25) is 0 Å². The zero-order chi connectivity index (χ0) is 17.4. The molecule has 130 valence electrons. The maximum Gasteiger partial charge on any atom is 0.161 e. The Morgan fingerprint density at radius 2 is 1.96 bits per heavy atom. The molecule has 0 spiro atoms. The lowest BCUT2D eigenvalue weighted by Crippen LogP contribution is -2.23. The van der Waals surface area contributed by atoms with Crippen molar-refractivity contribution >= 4 is 5.65 Å². The molecule has 0 aliphatic heterocycles. The highest BCUT2D eigenvalue weighted by molar-refractivity contribution is 5.42. The van der Waals surface area contributed by atoms with Crippen LogP contribution in [0.5, 0.6) is 5.75 Å². The molecule has 1 aliphatic carbocycles. The van der Waals surface area contributed by atoms with Crippen molar-refractivity contribution in [1.29, 1.82) is 0 Å². The molecule has 0 bridgehead atoms. The second-order valence-electron chi connectivity index (χ2n) is 6.88. The molecule has 2 N–H and O–H groups in total. The van der Waals surface area contributed by atoms with Crippen LogP contribution in [-0.2, 0) is 0 Å². The summed E-state index contributed by atoms with van der Waals surface area (Å²) in [5.74, 6) is 2.18. The van der Waals surface area contributed by atoms with Gasteiger partial charge in [0, 0.05) is 12.0 Å². The van der Waals surface area contributed by atoms with Crippen molar-refractivity contribution in [3.05, 3.63) is 59.5 Å². The summed E-state index contributed by atoms with van der Waals surface area (Å²) in [6.07, 6.45) is 4.94. The van der Waals surface area contributed by atoms with Gasteiger partial charge in [-0.3, -0.25) is 4.40 Å². The van der Waals surface area contributed by atoms with Crippen molar-refractivity contribution in [2.75, 3.05) is 0 Å². The number of fused-ring (bicyclic) bond motifs is 2. The fraction of sp³-hybridized carbons (Fsp3) is 0.400. The fourth-order valence-electron chi connectivity index (χ4n) is 3.55. The predicted molar refractivity (Wildman–Crippen MR) is 97.7 cm³/mol. The number of hydrogen-bond acceptors (Lipinski definition) is 4. The first-order valence-corrected chi connectivity index (χ1v) is 9.03. The Morgan fingerprint density at radius 1 is 1.16 bits per heavy atom. The summed E-state index contributed by atoms with van der Waals surface area (Å²) in [4.78, 5) is 0. The third-order valence-electron chi connectivity index (χ3n) is 5.22. The number of nitrogens with two attached hydrogens (primary N) is 1. The van der Waals surface area contributed by atoms with E-state index in [0.717, 1.165) is 36.5 Å². The summed E-state index contributed by atoms with van der Waals surface area (Å²) < 4.78 is 8.39. The molecule has 1 aromatic carbocycles. The van der Waals surface area contributed by atoms with Crippen LogP contribution >= 0.6 is 0 Å². The largest absolute Gasteiger partial charge is 0.484 e. The molecule has 2 heterocycles. The number of hydrogen-bond donors (Lipinski definition) is 1. The first kappa shape index (κ1) is 16.1. The molecular formula is C20H24N4O. The van der Waals surface area contributed by atoms with Gasteiger partial charge in [-0.25, -0.2) is 0 Å². The van der Waals surface area contributed by atoms with Crippen LogP contribution in [0, 0.1) is 0 Å². The Labute approximate surface area is 147 Å². The molecule has 3 atom stereocenters. The summed E-state index contributed by atoms with van der Waals surface area (Å²) in [6.45, 7) is 4.33. The SMILES string of the molecule is CCC(C)c1nnc2ccc(O[C@@H]3CC[C@H](N)c4ccccc43)cn12. The summed E-state index contributed by atoms with van der Waals surface area (Å²) in [5.41, 5.74) is 9.51. The van der Waals surface area contributed by atoms with E-state index in [9.17, 15) is 0 Å². The molecule has 0 amide bonds. The second-order valence-corrected chi connectivity index (χ2v) is 6.88. The molecule has 0 fully saturated rings. The van der Waals surface area contributed by atoms with E-state index in [2.05, 4.69) is 42.2 Å². The van der Waals surface area contributed by atoms with Crippen molar-refractivity contribution < 1.29 is 4.74 Å². The van der Waals surface area contributed by atoms with Crippen molar-refractivity contribution in [2.24, 2.45) is 5.73 Å². The lowest BCUT2D eigenvalue weighted by molar-refractivity contribution is 0.176. The Balaban J connectivity index is 1.66. The molecule has 4 rings (SSSR count). The molecule has 3 aromatic rings. The minimum absolute atomic E-state index is 0.0389. The Morgan fingerprint density at radius 3 is 2.76 bits per heavy atom. The summed E-state index contributed by atoms with van der Waals surface area (Å²) in [7, 11) is 0. The quantitative estimate of drug-likeness (QED) is 0.777. The van der Waals surface area contributed by atoms with Gasteiger partial charge in [0.25, 0.3) is 0 Å². The van der Waals surface area contributed by atoms with Gasteiger partial charge in [0.05, 0.1) is 6.20 Å². The number of pyridine rings is 1. The highest BCUT2D eigenvalue weighted by atomic mass is 16.5. The average molecular weight is 336 g/mol. The maximum atomic E-state index is 6.34. The number of ether oxygens (including phenoxy) is 1. The lowest BCUT2D eigenvalue weighted by atomic mass is 9.86. The number of aromatic nitrogens is 3. The zero-order valence-electron chi connectivity index (χ0n) is 14.7. The van der Waals surface area contributed by atoms with Crippen LogP contribution in [-0.4, -0.2) is 14.6 Å².